The van der Waals surface area contributed by atoms with E-state index in [1.54, 1.807) is 0 Å². The van der Waals surface area contributed by atoms with Crippen LogP contribution in [0.2, 0.25) is 0 Å². The van der Waals surface area contributed by atoms with Crippen molar-refractivity contribution in [1.29, 1.82) is 0 Å². The van der Waals surface area contributed by atoms with E-state index in [1.807, 2.05) is 0 Å². The van der Waals surface area contributed by atoms with Crippen LogP contribution in [0.1, 0.15) is 45.4 Å². The first-order chi connectivity index (χ1) is 7.16. The van der Waals surface area contributed by atoms with Crippen LogP contribution in [-0.4, -0.2) is 34.5 Å². The van der Waals surface area contributed by atoms with Crippen molar-refractivity contribution in [2.75, 3.05) is 6.54 Å². The van der Waals surface area contributed by atoms with Crippen LogP contribution >= 0.6 is 0 Å². The number of carbonyl (C=O) groups excluding carboxylic acids is 1. The summed E-state index contributed by atoms with van der Waals surface area (Å²) in [6.07, 6.45) is 4.86. The summed E-state index contributed by atoms with van der Waals surface area (Å²) in [6.45, 7) is 2.65. The summed E-state index contributed by atoms with van der Waals surface area (Å²) in [5, 5.41) is 9.08. The van der Waals surface area contributed by atoms with Crippen molar-refractivity contribution in [1.82, 2.24) is 4.90 Å². The molecule has 1 amide bonds. The van der Waals surface area contributed by atoms with Crippen molar-refractivity contribution in [3.05, 3.63) is 0 Å². The highest BCUT2D eigenvalue weighted by atomic mass is 16.4. The summed E-state index contributed by atoms with van der Waals surface area (Å²) >= 11 is 0. The molecule has 1 unspecified atom stereocenters. The van der Waals surface area contributed by atoms with E-state index in [0.29, 0.717) is 13.0 Å². The maximum atomic E-state index is 11.1. The van der Waals surface area contributed by atoms with Crippen molar-refractivity contribution < 1.29 is 14.7 Å². The second kappa shape index (κ2) is 5.14. The van der Waals surface area contributed by atoms with E-state index in [-0.39, 0.29) is 0 Å². The van der Waals surface area contributed by atoms with Gasteiger partial charge in [-0.25, -0.2) is 4.79 Å². The average Bonchev–Trinajstić information content (AvgIpc) is 2.60. The molecule has 1 fully saturated rings. The molecule has 1 rings (SSSR count). The van der Waals surface area contributed by atoms with E-state index < -0.39 is 11.6 Å². The Kier molecular flexibility index (Phi) is 4.12. The normalized spacial score (nSPS) is 25.5. The van der Waals surface area contributed by atoms with Crippen molar-refractivity contribution >= 4 is 12.4 Å². The van der Waals surface area contributed by atoms with Gasteiger partial charge in [-0.3, -0.25) is 0 Å². The monoisotopic (exact) mass is 213 g/mol. The lowest BCUT2D eigenvalue weighted by atomic mass is 9.87. The summed E-state index contributed by atoms with van der Waals surface area (Å²) in [6, 6.07) is 0. The van der Waals surface area contributed by atoms with Crippen LogP contribution in [0.5, 0.6) is 0 Å². The summed E-state index contributed by atoms with van der Waals surface area (Å²) in [5.74, 6) is 0. The Morgan fingerprint density at radius 3 is 2.87 bits per heavy atom. The minimum Gasteiger partial charge on any atom is -0.465 e. The smallest absolute Gasteiger partial charge is 0.407 e. The first-order valence-corrected chi connectivity index (χ1v) is 5.60. The molecule has 4 nitrogen and oxygen atoms in total. The molecule has 15 heavy (non-hydrogen) atoms. The molecule has 1 aliphatic rings. The number of hydrogen-bond acceptors (Lipinski definition) is 2. The van der Waals surface area contributed by atoms with Gasteiger partial charge in [-0.1, -0.05) is 19.8 Å². The predicted octanol–water partition coefficient (Wildman–Crippen LogP) is 2.28. The minimum absolute atomic E-state index is 0.347. The first kappa shape index (κ1) is 12.0. The number of rotatable bonds is 5. The summed E-state index contributed by atoms with van der Waals surface area (Å²) in [5.41, 5.74) is -0.399. The molecule has 0 spiro atoms. The SMILES string of the molecule is CCCCC1(CC=O)CCCN1C(=O)O. The van der Waals surface area contributed by atoms with Gasteiger partial charge in [0.15, 0.2) is 0 Å². The summed E-state index contributed by atoms with van der Waals surface area (Å²) < 4.78 is 0. The van der Waals surface area contributed by atoms with E-state index in [9.17, 15) is 9.59 Å². The molecule has 1 saturated heterocycles. The number of nitrogens with zero attached hydrogens (tertiary/aromatic N) is 1. The fraction of sp³-hybridized carbons (Fsp3) is 0.818. The van der Waals surface area contributed by atoms with Gasteiger partial charge in [0, 0.05) is 13.0 Å². The Bertz CT molecular complexity index is 242. The van der Waals surface area contributed by atoms with Gasteiger partial charge in [-0.05, 0) is 19.3 Å². The zero-order valence-electron chi connectivity index (χ0n) is 9.24. The molecule has 86 valence electrons. The van der Waals surface area contributed by atoms with Crippen LogP contribution < -0.4 is 0 Å². The highest BCUT2D eigenvalue weighted by Gasteiger charge is 2.42. The molecule has 1 heterocycles. The summed E-state index contributed by atoms with van der Waals surface area (Å²) in [7, 11) is 0. The minimum atomic E-state index is -0.884. The molecule has 1 N–H and O–H groups in total. The maximum absolute atomic E-state index is 11.1. The highest BCUT2D eigenvalue weighted by Crippen LogP contribution is 2.36. The number of amides is 1. The molecule has 0 bridgehead atoms. The van der Waals surface area contributed by atoms with E-state index in [2.05, 4.69) is 6.92 Å². The number of aldehydes is 1. The first-order valence-electron chi connectivity index (χ1n) is 5.60. The van der Waals surface area contributed by atoms with E-state index in [0.717, 1.165) is 38.4 Å². The summed E-state index contributed by atoms with van der Waals surface area (Å²) in [4.78, 5) is 23.2. The lowest BCUT2D eigenvalue weighted by Gasteiger charge is -2.35. The fourth-order valence-corrected chi connectivity index (χ4v) is 2.47. The van der Waals surface area contributed by atoms with Crippen LogP contribution in [0, 0.1) is 0 Å². The number of carbonyl (C=O) groups is 2. The Morgan fingerprint density at radius 1 is 1.60 bits per heavy atom. The molecule has 0 aromatic heterocycles. The Labute approximate surface area is 90.3 Å². The van der Waals surface area contributed by atoms with Crippen molar-refractivity contribution in [3.8, 4) is 0 Å². The van der Waals surface area contributed by atoms with Gasteiger partial charge in [0.05, 0.1) is 5.54 Å². The van der Waals surface area contributed by atoms with E-state index in [4.69, 9.17) is 5.11 Å². The van der Waals surface area contributed by atoms with Crippen LogP contribution in [0.3, 0.4) is 0 Å². The second-order valence-corrected chi connectivity index (χ2v) is 4.24. The molecule has 1 aliphatic heterocycles. The van der Waals surface area contributed by atoms with Crippen LogP contribution in [0.4, 0.5) is 4.79 Å². The van der Waals surface area contributed by atoms with Gasteiger partial charge < -0.3 is 14.8 Å². The van der Waals surface area contributed by atoms with Gasteiger partial charge in [0.25, 0.3) is 0 Å². The number of hydrogen-bond donors (Lipinski definition) is 1. The topological polar surface area (TPSA) is 57.6 Å². The Morgan fingerprint density at radius 2 is 2.33 bits per heavy atom. The molecule has 1 atom stereocenters. The molecule has 0 aliphatic carbocycles. The lowest BCUT2D eigenvalue weighted by molar-refractivity contribution is -0.110. The zero-order valence-corrected chi connectivity index (χ0v) is 9.24. The average molecular weight is 213 g/mol. The molecular weight excluding hydrogens is 194 g/mol. The van der Waals surface area contributed by atoms with Crippen molar-refractivity contribution in [2.24, 2.45) is 0 Å². The Hall–Kier alpha value is -1.06. The molecule has 0 aromatic rings. The fourth-order valence-electron chi connectivity index (χ4n) is 2.47. The Balaban J connectivity index is 2.77. The quantitative estimate of drug-likeness (QED) is 0.713. The van der Waals surface area contributed by atoms with Crippen LogP contribution in [0.15, 0.2) is 0 Å². The third-order valence-corrected chi connectivity index (χ3v) is 3.29. The largest absolute Gasteiger partial charge is 0.465 e. The third kappa shape index (κ3) is 2.49. The zero-order chi connectivity index (χ0) is 11.3. The number of carboxylic acid groups (broad SMARTS) is 1. The van der Waals surface area contributed by atoms with Crippen molar-refractivity contribution in [2.45, 2.75) is 51.0 Å². The standard InChI is InChI=1S/C11H19NO3/c1-2-3-5-11(7-9-13)6-4-8-12(11)10(14)15/h9H,2-8H2,1H3,(H,14,15). The van der Waals surface area contributed by atoms with Gasteiger partial charge >= 0.3 is 6.09 Å². The van der Waals surface area contributed by atoms with Crippen LogP contribution in [0.25, 0.3) is 0 Å². The predicted molar refractivity (Wildman–Crippen MR) is 56.9 cm³/mol. The molecule has 4 heteroatoms. The molecule has 0 saturated carbocycles. The van der Waals surface area contributed by atoms with Crippen molar-refractivity contribution in [3.63, 3.8) is 0 Å². The van der Waals surface area contributed by atoms with E-state index in [1.165, 1.54) is 4.90 Å². The maximum Gasteiger partial charge on any atom is 0.407 e. The van der Waals surface area contributed by atoms with Gasteiger partial charge in [-0.2, -0.15) is 0 Å². The van der Waals surface area contributed by atoms with E-state index >= 15 is 0 Å². The second-order valence-electron chi connectivity index (χ2n) is 4.24. The molecule has 0 radical (unpaired) electrons. The lowest BCUT2D eigenvalue weighted by Crippen LogP contribution is -2.47. The molecule has 0 aromatic carbocycles. The van der Waals surface area contributed by atoms with Crippen LogP contribution in [-0.2, 0) is 4.79 Å². The number of unbranched alkanes of at least 4 members (excludes halogenated alkanes) is 1. The van der Waals surface area contributed by atoms with Gasteiger partial charge in [0.1, 0.15) is 6.29 Å². The molecular formula is C11H19NO3. The van der Waals surface area contributed by atoms with Gasteiger partial charge in [-0.15, -0.1) is 0 Å². The number of likely N-dealkylation sites (tertiary alicyclic amines) is 1. The highest BCUT2D eigenvalue weighted by molar-refractivity contribution is 5.68. The van der Waals surface area contributed by atoms with Gasteiger partial charge in [0.2, 0.25) is 0 Å². The third-order valence-electron chi connectivity index (χ3n) is 3.29.